The van der Waals surface area contributed by atoms with Crippen LogP contribution in [0.3, 0.4) is 0 Å². The predicted molar refractivity (Wildman–Crippen MR) is 98.6 cm³/mol. The molecule has 0 saturated carbocycles. The molecule has 8 nitrogen and oxygen atoms in total. The van der Waals surface area contributed by atoms with Gasteiger partial charge in [-0.05, 0) is 39.7 Å². The van der Waals surface area contributed by atoms with Crippen LogP contribution in [0.1, 0.15) is 46.6 Å². The second-order valence-electron chi connectivity index (χ2n) is 6.41. The summed E-state index contributed by atoms with van der Waals surface area (Å²) in [6.45, 7) is 8.37. The number of methoxy groups -OCH3 is 1. The molecule has 0 saturated heterocycles. The van der Waals surface area contributed by atoms with Crippen molar-refractivity contribution in [1.82, 2.24) is 10.4 Å². The molecule has 2 amide bonds. The highest BCUT2D eigenvalue weighted by molar-refractivity contribution is 5.88. The summed E-state index contributed by atoms with van der Waals surface area (Å²) in [6, 6.07) is 8.57. The SMILES string of the molecule is CCC(C(=O)OC)(c1ccccc1)N(NC(=O)OC(C)C)C(=O)OC(C)C. The van der Waals surface area contributed by atoms with E-state index in [1.54, 1.807) is 65.0 Å². The normalized spacial score (nSPS) is 12.9. The number of carbonyl (C=O) groups excluding carboxylic acids is 3. The third kappa shape index (κ3) is 5.35. The number of nitrogens with zero attached hydrogens (tertiary/aromatic N) is 1. The van der Waals surface area contributed by atoms with Gasteiger partial charge in [-0.1, -0.05) is 37.3 Å². The van der Waals surface area contributed by atoms with E-state index in [4.69, 9.17) is 14.2 Å². The fourth-order valence-corrected chi connectivity index (χ4v) is 2.61. The Balaban J connectivity index is 3.50. The third-order valence-electron chi connectivity index (χ3n) is 3.73. The van der Waals surface area contributed by atoms with E-state index in [1.807, 2.05) is 0 Å². The highest BCUT2D eigenvalue weighted by Gasteiger charge is 2.50. The maximum absolute atomic E-state index is 12.8. The molecule has 0 aliphatic rings. The third-order valence-corrected chi connectivity index (χ3v) is 3.73. The van der Waals surface area contributed by atoms with Crippen LogP contribution in [-0.4, -0.2) is 42.5 Å². The van der Waals surface area contributed by atoms with Crippen molar-refractivity contribution < 1.29 is 28.6 Å². The highest BCUT2D eigenvalue weighted by atomic mass is 16.6. The number of rotatable bonds is 6. The second kappa shape index (κ2) is 9.80. The van der Waals surface area contributed by atoms with Crippen LogP contribution in [0.2, 0.25) is 0 Å². The maximum Gasteiger partial charge on any atom is 0.430 e. The second-order valence-corrected chi connectivity index (χ2v) is 6.41. The molecule has 0 radical (unpaired) electrons. The largest absolute Gasteiger partial charge is 0.467 e. The van der Waals surface area contributed by atoms with Gasteiger partial charge >= 0.3 is 18.2 Å². The Morgan fingerprint density at radius 3 is 2.04 bits per heavy atom. The predicted octanol–water partition coefficient (Wildman–Crippen LogP) is 3.36. The van der Waals surface area contributed by atoms with Crippen molar-refractivity contribution in [1.29, 1.82) is 0 Å². The first-order chi connectivity index (χ1) is 12.7. The van der Waals surface area contributed by atoms with Gasteiger partial charge in [-0.2, -0.15) is 5.01 Å². The fraction of sp³-hybridized carbons (Fsp3) is 0.526. The van der Waals surface area contributed by atoms with E-state index in [0.29, 0.717) is 5.56 Å². The van der Waals surface area contributed by atoms with Gasteiger partial charge in [0.2, 0.25) is 0 Å². The van der Waals surface area contributed by atoms with Gasteiger partial charge in [0.15, 0.2) is 5.54 Å². The monoisotopic (exact) mass is 380 g/mol. The molecule has 0 aromatic heterocycles. The van der Waals surface area contributed by atoms with Gasteiger partial charge in [-0.15, -0.1) is 0 Å². The Hall–Kier alpha value is -2.77. The molecular weight excluding hydrogens is 352 g/mol. The minimum absolute atomic E-state index is 0.124. The average molecular weight is 380 g/mol. The maximum atomic E-state index is 12.8. The molecule has 150 valence electrons. The number of hydrazine groups is 1. The zero-order valence-corrected chi connectivity index (χ0v) is 16.6. The van der Waals surface area contributed by atoms with E-state index in [9.17, 15) is 14.4 Å². The molecule has 0 aliphatic carbocycles. The molecule has 0 aliphatic heterocycles. The van der Waals surface area contributed by atoms with Crippen molar-refractivity contribution >= 4 is 18.2 Å². The van der Waals surface area contributed by atoms with Crippen LogP contribution in [0.15, 0.2) is 30.3 Å². The number of hydrogen-bond acceptors (Lipinski definition) is 6. The first kappa shape index (κ1) is 22.3. The molecule has 0 heterocycles. The topological polar surface area (TPSA) is 94.2 Å². The van der Waals surface area contributed by atoms with Crippen LogP contribution in [0, 0.1) is 0 Å². The zero-order valence-electron chi connectivity index (χ0n) is 16.6. The number of ether oxygens (including phenoxy) is 3. The van der Waals surface area contributed by atoms with E-state index in [1.165, 1.54) is 7.11 Å². The van der Waals surface area contributed by atoms with E-state index in [-0.39, 0.29) is 6.42 Å². The number of amides is 2. The summed E-state index contributed by atoms with van der Waals surface area (Å²) in [4.78, 5) is 37.9. The number of hydrogen-bond donors (Lipinski definition) is 1. The Bertz CT molecular complexity index is 647. The van der Waals surface area contributed by atoms with Crippen LogP contribution in [-0.2, 0) is 24.5 Å². The Morgan fingerprint density at radius 2 is 1.59 bits per heavy atom. The van der Waals surface area contributed by atoms with Crippen LogP contribution >= 0.6 is 0 Å². The van der Waals surface area contributed by atoms with E-state index < -0.39 is 35.9 Å². The van der Waals surface area contributed by atoms with Gasteiger partial charge in [0, 0.05) is 0 Å². The molecule has 0 bridgehead atoms. The van der Waals surface area contributed by atoms with Crippen molar-refractivity contribution in [3.05, 3.63) is 35.9 Å². The first-order valence-electron chi connectivity index (χ1n) is 8.81. The summed E-state index contributed by atoms with van der Waals surface area (Å²) in [7, 11) is 1.22. The molecular formula is C19H28N2O6. The number of nitrogens with one attached hydrogen (secondary N) is 1. The molecule has 1 unspecified atom stereocenters. The van der Waals surface area contributed by atoms with Gasteiger partial charge in [-0.3, -0.25) is 0 Å². The Labute approximate surface area is 159 Å². The highest BCUT2D eigenvalue weighted by Crippen LogP contribution is 2.33. The van der Waals surface area contributed by atoms with E-state index in [0.717, 1.165) is 5.01 Å². The summed E-state index contributed by atoms with van der Waals surface area (Å²) in [6.07, 6.45) is -2.55. The fourth-order valence-electron chi connectivity index (χ4n) is 2.61. The quantitative estimate of drug-likeness (QED) is 0.462. The molecule has 8 heteroatoms. The Morgan fingerprint density at radius 1 is 1.04 bits per heavy atom. The summed E-state index contributed by atoms with van der Waals surface area (Å²) in [5.74, 6) is -0.721. The molecule has 1 atom stereocenters. The summed E-state index contributed by atoms with van der Waals surface area (Å²) in [5, 5.41) is 0.846. The van der Waals surface area contributed by atoms with Gasteiger partial charge in [0.1, 0.15) is 0 Å². The van der Waals surface area contributed by atoms with Crippen molar-refractivity contribution in [3.8, 4) is 0 Å². The molecule has 1 rings (SSSR count). The van der Waals surface area contributed by atoms with Crippen LogP contribution < -0.4 is 5.43 Å². The van der Waals surface area contributed by atoms with Crippen molar-refractivity contribution in [2.45, 2.75) is 58.8 Å². The van der Waals surface area contributed by atoms with Gasteiger partial charge in [0.05, 0.1) is 19.3 Å². The van der Waals surface area contributed by atoms with Crippen LogP contribution in [0.5, 0.6) is 0 Å². The Kier molecular flexibility index (Phi) is 8.08. The number of esters is 1. The summed E-state index contributed by atoms with van der Waals surface area (Å²) in [5.41, 5.74) is 1.19. The minimum atomic E-state index is -1.63. The lowest BCUT2D eigenvalue weighted by Crippen LogP contribution is -2.62. The molecule has 1 aromatic rings. The molecule has 27 heavy (non-hydrogen) atoms. The van der Waals surface area contributed by atoms with Gasteiger partial charge in [-0.25, -0.2) is 19.8 Å². The smallest absolute Gasteiger partial charge is 0.430 e. The van der Waals surface area contributed by atoms with Crippen LogP contribution in [0.25, 0.3) is 0 Å². The molecule has 1 N–H and O–H groups in total. The van der Waals surface area contributed by atoms with Crippen LogP contribution in [0.4, 0.5) is 9.59 Å². The lowest BCUT2D eigenvalue weighted by atomic mass is 9.86. The lowest BCUT2D eigenvalue weighted by Gasteiger charge is -2.40. The average Bonchev–Trinajstić information content (AvgIpc) is 2.61. The molecule has 0 spiro atoms. The number of benzene rings is 1. The summed E-state index contributed by atoms with van der Waals surface area (Å²) >= 11 is 0. The summed E-state index contributed by atoms with van der Waals surface area (Å²) < 4.78 is 15.3. The van der Waals surface area contributed by atoms with Crippen molar-refractivity contribution in [2.24, 2.45) is 0 Å². The molecule has 1 aromatic carbocycles. The number of carbonyl (C=O) groups is 3. The van der Waals surface area contributed by atoms with Gasteiger partial charge < -0.3 is 14.2 Å². The minimum Gasteiger partial charge on any atom is -0.467 e. The van der Waals surface area contributed by atoms with Crippen molar-refractivity contribution in [2.75, 3.05) is 7.11 Å². The lowest BCUT2D eigenvalue weighted by molar-refractivity contribution is -0.158. The van der Waals surface area contributed by atoms with E-state index in [2.05, 4.69) is 5.43 Å². The standard InChI is InChI=1S/C19H28N2O6/c1-7-19(16(22)25-6,15-11-9-8-10-12-15)21(18(24)27-14(4)5)20-17(23)26-13(2)3/h8-14H,7H2,1-6H3,(H,20,23). The van der Waals surface area contributed by atoms with Gasteiger partial charge in [0.25, 0.3) is 0 Å². The molecule has 0 fully saturated rings. The first-order valence-corrected chi connectivity index (χ1v) is 8.81. The zero-order chi connectivity index (χ0) is 20.6. The van der Waals surface area contributed by atoms with E-state index >= 15 is 0 Å². The van der Waals surface area contributed by atoms with Crippen molar-refractivity contribution in [3.63, 3.8) is 0 Å².